The van der Waals surface area contributed by atoms with E-state index in [0.29, 0.717) is 12.1 Å². The fraction of sp³-hybridized carbons (Fsp3) is 0.571. The van der Waals surface area contributed by atoms with E-state index in [4.69, 9.17) is 9.31 Å². The largest absolute Gasteiger partial charge is 0.496 e. The smallest absolute Gasteiger partial charge is 0.399 e. The Morgan fingerprint density at radius 1 is 0.783 bits per heavy atom. The van der Waals surface area contributed by atoms with Crippen LogP contribution in [-0.2, 0) is 21.7 Å². The number of hydrogen-bond acceptors (Lipinski definition) is 2. The first-order valence-corrected chi connectivity index (χ1v) is 6.80. The number of halogens is 6. The van der Waals surface area contributed by atoms with Crippen molar-refractivity contribution in [3.05, 3.63) is 29.3 Å². The van der Waals surface area contributed by atoms with Gasteiger partial charge >= 0.3 is 19.5 Å². The Kier molecular flexibility index (Phi) is 4.05. The average molecular weight is 340 g/mol. The maximum absolute atomic E-state index is 13.2. The second-order valence-electron chi connectivity index (χ2n) is 6.35. The van der Waals surface area contributed by atoms with Crippen LogP contribution < -0.4 is 5.46 Å². The highest BCUT2D eigenvalue weighted by molar-refractivity contribution is 6.63. The van der Waals surface area contributed by atoms with Crippen molar-refractivity contribution >= 4 is 12.6 Å². The predicted octanol–water partition coefficient (Wildman–Crippen LogP) is 4.02. The summed E-state index contributed by atoms with van der Waals surface area (Å²) in [6, 6.07) is 1.91. The van der Waals surface area contributed by atoms with Gasteiger partial charge in [0, 0.05) is 5.46 Å². The van der Waals surface area contributed by atoms with E-state index in [1.54, 1.807) is 27.7 Å². The van der Waals surface area contributed by atoms with Crippen LogP contribution in [0.3, 0.4) is 0 Å². The van der Waals surface area contributed by atoms with Crippen LogP contribution >= 0.6 is 0 Å². The molecule has 0 N–H and O–H groups in total. The summed E-state index contributed by atoms with van der Waals surface area (Å²) in [5.41, 5.74) is -5.97. The van der Waals surface area contributed by atoms with E-state index >= 15 is 0 Å². The predicted molar refractivity (Wildman–Crippen MR) is 72.2 cm³/mol. The molecule has 0 spiro atoms. The summed E-state index contributed by atoms with van der Waals surface area (Å²) in [6.45, 7) is 6.21. The second-order valence-corrected chi connectivity index (χ2v) is 6.35. The van der Waals surface area contributed by atoms with Crippen molar-refractivity contribution < 1.29 is 35.7 Å². The molecule has 2 nitrogen and oxygen atoms in total. The van der Waals surface area contributed by atoms with E-state index in [1.165, 1.54) is 0 Å². The summed E-state index contributed by atoms with van der Waals surface area (Å²) in [4.78, 5) is 0. The maximum atomic E-state index is 13.2. The van der Waals surface area contributed by atoms with Crippen LogP contribution in [0.1, 0.15) is 38.8 Å². The van der Waals surface area contributed by atoms with Gasteiger partial charge in [0.25, 0.3) is 0 Å². The van der Waals surface area contributed by atoms with Gasteiger partial charge in [0.05, 0.1) is 22.3 Å². The molecule has 1 fully saturated rings. The molecule has 128 valence electrons. The van der Waals surface area contributed by atoms with Gasteiger partial charge in [-0.3, -0.25) is 0 Å². The second kappa shape index (κ2) is 5.14. The molecule has 0 atom stereocenters. The maximum Gasteiger partial charge on any atom is 0.496 e. The molecule has 0 saturated carbocycles. The molecule has 2 rings (SSSR count). The molecule has 1 aliphatic heterocycles. The lowest BCUT2D eigenvalue weighted by Gasteiger charge is -2.32. The van der Waals surface area contributed by atoms with Gasteiger partial charge in [0.2, 0.25) is 0 Å². The highest BCUT2D eigenvalue weighted by atomic mass is 19.4. The van der Waals surface area contributed by atoms with Crippen molar-refractivity contribution in [2.45, 2.75) is 51.2 Å². The number of rotatable bonds is 1. The van der Waals surface area contributed by atoms with Crippen molar-refractivity contribution in [1.82, 2.24) is 0 Å². The molecular weight excluding hydrogens is 325 g/mol. The molecule has 1 heterocycles. The zero-order valence-electron chi connectivity index (χ0n) is 12.9. The zero-order chi connectivity index (χ0) is 17.8. The third-order valence-electron chi connectivity index (χ3n) is 4.21. The molecular formula is C14H15BF6O2. The first-order chi connectivity index (χ1) is 10.2. The van der Waals surface area contributed by atoms with Crippen LogP contribution in [0.4, 0.5) is 26.3 Å². The topological polar surface area (TPSA) is 18.5 Å². The molecule has 9 heteroatoms. The van der Waals surface area contributed by atoms with Crippen LogP contribution in [0.15, 0.2) is 18.2 Å². The van der Waals surface area contributed by atoms with Crippen LogP contribution in [0.5, 0.6) is 0 Å². The van der Waals surface area contributed by atoms with Gasteiger partial charge in [-0.2, -0.15) is 26.3 Å². The molecule has 0 aliphatic carbocycles. The highest BCUT2D eigenvalue weighted by Gasteiger charge is 2.56. The van der Waals surface area contributed by atoms with Gasteiger partial charge in [-0.25, -0.2) is 0 Å². The molecule has 0 radical (unpaired) electrons. The summed E-state index contributed by atoms with van der Waals surface area (Å²) in [5.74, 6) is 0. The average Bonchev–Trinajstić information content (AvgIpc) is 2.55. The van der Waals surface area contributed by atoms with Crippen molar-refractivity contribution in [2.75, 3.05) is 0 Å². The highest BCUT2D eigenvalue weighted by Crippen LogP contribution is 2.40. The SMILES string of the molecule is CC1(C)OB(c2c(C(F)(F)F)cccc2C(F)(F)F)OC1(C)C. The van der Waals surface area contributed by atoms with E-state index in [-0.39, 0.29) is 0 Å². The number of benzene rings is 1. The quantitative estimate of drug-likeness (QED) is 0.568. The summed E-state index contributed by atoms with van der Waals surface area (Å²) in [6.07, 6.45) is -9.92. The monoisotopic (exact) mass is 340 g/mol. The van der Waals surface area contributed by atoms with Crippen LogP contribution in [0.25, 0.3) is 0 Å². The molecule has 1 aliphatic rings. The molecule has 1 saturated heterocycles. The summed E-state index contributed by atoms with van der Waals surface area (Å²) in [7, 11) is -1.76. The summed E-state index contributed by atoms with van der Waals surface area (Å²) >= 11 is 0. The van der Waals surface area contributed by atoms with Crippen molar-refractivity contribution in [1.29, 1.82) is 0 Å². The van der Waals surface area contributed by atoms with E-state index in [1.807, 2.05) is 0 Å². The first-order valence-electron chi connectivity index (χ1n) is 6.80. The van der Waals surface area contributed by atoms with Crippen molar-refractivity contribution in [3.63, 3.8) is 0 Å². The molecule has 0 amide bonds. The van der Waals surface area contributed by atoms with Gasteiger partial charge in [-0.05, 0) is 27.7 Å². The van der Waals surface area contributed by atoms with Gasteiger partial charge in [0.1, 0.15) is 0 Å². The van der Waals surface area contributed by atoms with Crippen molar-refractivity contribution in [2.24, 2.45) is 0 Å². The molecule has 0 bridgehead atoms. The minimum absolute atomic E-state index is 0.593. The van der Waals surface area contributed by atoms with Gasteiger partial charge < -0.3 is 9.31 Å². The van der Waals surface area contributed by atoms with E-state index < -0.39 is 47.3 Å². The van der Waals surface area contributed by atoms with E-state index in [9.17, 15) is 26.3 Å². The Bertz CT molecular complexity index is 558. The molecule has 1 aromatic rings. The number of alkyl halides is 6. The minimum Gasteiger partial charge on any atom is -0.399 e. The Balaban J connectivity index is 2.66. The van der Waals surface area contributed by atoms with Crippen LogP contribution in [-0.4, -0.2) is 18.3 Å². The van der Waals surface area contributed by atoms with E-state index in [0.717, 1.165) is 6.07 Å². The Morgan fingerprint density at radius 3 is 1.43 bits per heavy atom. The fourth-order valence-corrected chi connectivity index (χ4v) is 2.27. The minimum atomic E-state index is -4.96. The van der Waals surface area contributed by atoms with Crippen LogP contribution in [0, 0.1) is 0 Å². The Hall–Kier alpha value is -1.22. The Labute approximate surface area is 129 Å². The summed E-state index contributed by atoms with van der Waals surface area (Å²) < 4.78 is 89.9. The normalized spacial score (nSPS) is 20.9. The van der Waals surface area contributed by atoms with Gasteiger partial charge in [-0.1, -0.05) is 18.2 Å². The lowest BCUT2D eigenvalue weighted by atomic mass is 9.72. The van der Waals surface area contributed by atoms with Gasteiger partial charge in [-0.15, -0.1) is 0 Å². The molecule has 0 unspecified atom stereocenters. The number of hydrogen-bond donors (Lipinski definition) is 0. The van der Waals surface area contributed by atoms with Crippen molar-refractivity contribution in [3.8, 4) is 0 Å². The third-order valence-corrected chi connectivity index (χ3v) is 4.21. The lowest BCUT2D eigenvalue weighted by Crippen LogP contribution is -2.43. The van der Waals surface area contributed by atoms with Gasteiger partial charge in [0.15, 0.2) is 0 Å². The molecule has 0 aromatic heterocycles. The molecule has 1 aromatic carbocycles. The fourth-order valence-electron chi connectivity index (χ4n) is 2.27. The third kappa shape index (κ3) is 3.21. The standard InChI is InChI=1S/C14H15BF6O2/c1-11(2)12(3,4)23-15(22-11)10-8(13(16,17)18)6-5-7-9(10)14(19,20)21/h5-7H,1-4H3. The zero-order valence-corrected chi connectivity index (χ0v) is 12.9. The lowest BCUT2D eigenvalue weighted by molar-refractivity contribution is -0.141. The Morgan fingerprint density at radius 2 is 1.13 bits per heavy atom. The van der Waals surface area contributed by atoms with E-state index in [2.05, 4.69) is 0 Å². The van der Waals surface area contributed by atoms with Crippen LogP contribution in [0.2, 0.25) is 0 Å². The molecule has 23 heavy (non-hydrogen) atoms. The summed E-state index contributed by atoms with van der Waals surface area (Å²) in [5, 5.41) is 0. The first kappa shape index (κ1) is 18.1.